The third kappa shape index (κ3) is 3.50. The van der Waals surface area contributed by atoms with Crippen LogP contribution in [0.3, 0.4) is 0 Å². The number of pyridine rings is 1. The summed E-state index contributed by atoms with van der Waals surface area (Å²) in [6.07, 6.45) is 3.23. The molecule has 0 aliphatic heterocycles. The normalized spacial score (nSPS) is 12.3. The smallest absolute Gasteiger partial charge is 0.155 e. The van der Waals surface area contributed by atoms with E-state index in [1.165, 1.54) is 0 Å². The Morgan fingerprint density at radius 2 is 1.91 bits per heavy atom. The van der Waals surface area contributed by atoms with Gasteiger partial charge < -0.3 is 4.55 Å². The SMILES string of the molecule is Cc1ccc(-c2c(Cl)ncn2-c2ccc(CS(=O)[O-])nc2)cc1. The lowest BCUT2D eigenvalue weighted by molar-refractivity contribution is 0.535. The summed E-state index contributed by atoms with van der Waals surface area (Å²) in [6, 6.07) is 11.5. The molecule has 2 aromatic heterocycles. The maximum absolute atomic E-state index is 10.7. The molecule has 3 aromatic rings. The van der Waals surface area contributed by atoms with E-state index in [2.05, 4.69) is 9.97 Å². The van der Waals surface area contributed by atoms with Crippen LogP contribution in [-0.4, -0.2) is 23.3 Å². The number of rotatable bonds is 4. The zero-order valence-corrected chi connectivity index (χ0v) is 13.8. The summed E-state index contributed by atoms with van der Waals surface area (Å²) in [7, 11) is 0. The van der Waals surface area contributed by atoms with Crippen molar-refractivity contribution in [2.24, 2.45) is 0 Å². The number of aryl methyl sites for hydroxylation is 1. The fourth-order valence-corrected chi connectivity index (χ4v) is 2.91. The van der Waals surface area contributed by atoms with E-state index in [1.54, 1.807) is 24.7 Å². The molecule has 1 atom stereocenters. The van der Waals surface area contributed by atoms with Crippen molar-refractivity contribution in [1.29, 1.82) is 0 Å². The van der Waals surface area contributed by atoms with Crippen LogP contribution in [0.4, 0.5) is 0 Å². The lowest BCUT2D eigenvalue weighted by Gasteiger charge is -2.10. The molecular formula is C16H13ClN3O2S-. The predicted octanol–water partition coefficient (Wildman–Crippen LogP) is 3.28. The molecule has 0 saturated heterocycles. The molecule has 0 N–H and O–H groups in total. The molecule has 23 heavy (non-hydrogen) atoms. The van der Waals surface area contributed by atoms with Gasteiger partial charge in [0.15, 0.2) is 5.15 Å². The quantitative estimate of drug-likeness (QED) is 0.680. The summed E-state index contributed by atoms with van der Waals surface area (Å²) in [5.74, 6) is -0.101. The van der Waals surface area contributed by atoms with Gasteiger partial charge in [-0.2, -0.15) is 0 Å². The molecule has 2 heterocycles. The number of halogens is 1. The summed E-state index contributed by atoms with van der Waals surface area (Å²) in [5.41, 5.74) is 4.13. The van der Waals surface area contributed by atoms with Crippen molar-refractivity contribution >= 4 is 22.7 Å². The third-order valence-corrected chi connectivity index (χ3v) is 4.21. The van der Waals surface area contributed by atoms with Crippen molar-refractivity contribution in [3.05, 3.63) is 65.3 Å². The molecule has 1 unspecified atom stereocenters. The summed E-state index contributed by atoms with van der Waals surface area (Å²) < 4.78 is 23.3. The summed E-state index contributed by atoms with van der Waals surface area (Å²) in [6.45, 7) is 2.02. The number of benzene rings is 1. The largest absolute Gasteiger partial charge is 0.772 e. The first-order chi connectivity index (χ1) is 11.0. The fourth-order valence-electron chi connectivity index (χ4n) is 2.26. The summed E-state index contributed by atoms with van der Waals surface area (Å²) in [5, 5.41) is 0.401. The van der Waals surface area contributed by atoms with Gasteiger partial charge in [-0.05, 0) is 30.1 Å². The molecule has 0 saturated carbocycles. The average molecular weight is 347 g/mol. The van der Waals surface area contributed by atoms with Gasteiger partial charge in [-0.3, -0.25) is 13.8 Å². The van der Waals surface area contributed by atoms with Crippen molar-refractivity contribution in [2.45, 2.75) is 12.7 Å². The van der Waals surface area contributed by atoms with Crippen LogP contribution in [0.15, 0.2) is 48.9 Å². The molecule has 0 bridgehead atoms. The van der Waals surface area contributed by atoms with E-state index >= 15 is 0 Å². The zero-order valence-electron chi connectivity index (χ0n) is 12.3. The van der Waals surface area contributed by atoms with Crippen molar-refractivity contribution < 1.29 is 8.76 Å². The van der Waals surface area contributed by atoms with Crippen molar-refractivity contribution in [3.63, 3.8) is 0 Å². The van der Waals surface area contributed by atoms with Gasteiger partial charge >= 0.3 is 0 Å². The number of imidazole rings is 1. The number of aromatic nitrogens is 3. The van der Waals surface area contributed by atoms with Gasteiger partial charge in [0.05, 0.1) is 29.0 Å². The molecule has 3 rings (SSSR count). The summed E-state index contributed by atoms with van der Waals surface area (Å²) >= 11 is 4.08. The van der Waals surface area contributed by atoms with Gasteiger partial charge in [-0.15, -0.1) is 0 Å². The molecule has 118 valence electrons. The maximum Gasteiger partial charge on any atom is 0.155 e. The van der Waals surface area contributed by atoms with Crippen LogP contribution in [0.1, 0.15) is 11.3 Å². The Kier molecular flexibility index (Phi) is 4.56. The zero-order chi connectivity index (χ0) is 16.4. The highest BCUT2D eigenvalue weighted by Crippen LogP contribution is 2.29. The molecule has 0 aliphatic carbocycles. The van der Waals surface area contributed by atoms with E-state index in [-0.39, 0.29) is 5.75 Å². The lowest BCUT2D eigenvalue weighted by atomic mass is 10.1. The molecule has 7 heteroatoms. The highest BCUT2D eigenvalue weighted by Gasteiger charge is 2.13. The van der Waals surface area contributed by atoms with Crippen LogP contribution >= 0.6 is 11.6 Å². The predicted molar refractivity (Wildman–Crippen MR) is 89.2 cm³/mol. The first-order valence-electron chi connectivity index (χ1n) is 6.85. The minimum absolute atomic E-state index is 0.101. The second kappa shape index (κ2) is 6.62. The van der Waals surface area contributed by atoms with Gasteiger partial charge in [0.1, 0.15) is 6.33 Å². The molecule has 0 radical (unpaired) electrons. The van der Waals surface area contributed by atoms with Crippen LogP contribution in [0.25, 0.3) is 16.9 Å². The topological polar surface area (TPSA) is 70.8 Å². The van der Waals surface area contributed by atoms with Crippen molar-refractivity contribution in [1.82, 2.24) is 14.5 Å². The first-order valence-corrected chi connectivity index (χ1v) is 8.48. The maximum atomic E-state index is 10.7. The van der Waals surface area contributed by atoms with E-state index in [0.29, 0.717) is 10.8 Å². The molecule has 0 amide bonds. The van der Waals surface area contributed by atoms with E-state index in [4.69, 9.17) is 11.6 Å². The average Bonchev–Trinajstić information content (AvgIpc) is 2.90. The Labute approximate surface area is 141 Å². The first kappa shape index (κ1) is 15.9. The van der Waals surface area contributed by atoms with Crippen LogP contribution < -0.4 is 0 Å². The highest BCUT2D eigenvalue weighted by atomic mass is 35.5. The van der Waals surface area contributed by atoms with E-state index in [9.17, 15) is 8.76 Å². The summed E-state index contributed by atoms with van der Waals surface area (Å²) in [4.78, 5) is 8.33. The third-order valence-electron chi connectivity index (χ3n) is 3.40. The second-order valence-corrected chi connectivity index (χ2v) is 6.33. The van der Waals surface area contributed by atoms with Crippen molar-refractivity contribution in [3.8, 4) is 16.9 Å². The number of nitrogens with zero attached hydrogens (tertiary/aromatic N) is 3. The minimum atomic E-state index is -2.15. The Balaban J connectivity index is 2.01. The van der Waals surface area contributed by atoms with E-state index < -0.39 is 11.1 Å². The van der Waals surface area contributed by atoms with Crippen molar-refractivity contribution in [2.75, 3.05) is 0 Å². The standard InChI is InChI=1S/C16H14ClN3O2S/c1-11-2-4-12(5-3-11)15-16(17)19-10-20(15)14-7-6-13(18-8-14)9-23(21)22/h2-8,10H,9H2,1H3,(H,21,22)/p-1. The van der Waals surface area contributed by atoms with Crippen LogP contribution in [0, 0.1) is 6.92 Å². The highest BCUT2D eigenvalue weighted by molar-refractivity contribution is 7.78. The second-order valence-electron chi connectivity index (χ2n) is 5.08. The fraction of sp³-hybridized carbons (Fsp3) is 0.125. The van der Waals surface area contributed by atoms with E-state index in [0.717, 1.165) is 22.5 Å². The number of hydrogen-bond donors (Lipinski definition) is 0. The molecule has 0 fully saturated rings. The number of hydrogen-bond acceptors (Lipinski definition) is 4. The minimum Gasteiger partial charge on any atom is -0.772 e. The van der Waals surface area contributed by atoms with E-state index in [1.807, 2.05) is 35.8 Å². The van der Waals surface area contributed by atoms with Crippen LogP contribution in [-0.2, 0) is 16.8 Å². The molecule has 0 aliphatic rings. The Hall–Kier alpha value is -2.02. The van der Waals surface area contributed by atoms with Gasteiger partial charge in [0.25, 0.3) is 0 Å². The molecular weight excluding hydrogens is 334 g/mol. The molecule has 5 nitrogen and oxygen atoms in total. The monoisotopic (exact) mass is 346 g/mol. The Bertz CT molecular complexity index is 845. The van der Waals surface area contributed by atoms with Gasteiger partial charge in [-0.1, -0.05) is 41.4 Å². The molecule has 0 spiro atoms. The van der Waals surface area contributed by atoms with Gasteiger partial charge in [-0.25, -0.2) is 4.98 Å². The van der Waals surface area contributed by atoms with Crippen LogP contribution in [0.5, 0.6) is 0 Å². The van der Waals surface area contributed by atoms with Crippen LogP contribution in [0.2, 0.25) is 5.15 Å². The van der Waals surface area contributed by atoms with Gasteiger partial charge in [0.2, 0.25) is 0 Å². The molecule has 1 aromatic carbocycles. The Morgan fingerprint density at radius 1 is 1.17 bits per heavy atom. The Morgan fingerprint density at radius 3 is 2.52 bits per heavy atom. The lowest BCUT2D eigenvalue weighted by Crippen LogP contribution is -2.00. The van der Waals surface area contributed by atoms with Gasteiger partial charge in [0, 0.05) is 5.56 Å².